The molecule has 3 rings (SSSR count). The van der Waals surface area contributed by atoms with Crippen molar-refractivity contribution in [3.63, 3.8) is 0 Å². The summed E-state index contributed by atoms with van der Waals surface area (Å²) < 4.78 is 10.6. The molecule has 1 heterocycles. The predicted octanol–water partition coefficient (Wildman–Crippen LogP) is 2.39. The third-order valence-corrected chi connectivity index (χ3v) is 4.75. The highest BCUT2D eigenvalue weighted by molar-refractivity contribution is 6.16. The second-order valence-corrected chi connectivity index (χ2v) is 7.30. The number of methoxy groups -OCH3 is 1. The van der Waals surface area contributed by atoms with Crippen LogP contribution in [-0.2, 0) is 14.4 Å². The number of urea groups is 1. The Morgan fingerprint density at radius 1 is 1.15 bits per heavy atom. The molecule has 1 aliphatic rings. The Bertz CT molecular complexity index is 1130. The maximum Gasteiger partial charge on any atom is 0.344 e. The molecule has 1 fully saturated rings. The van der Waals surface area contributed by atoms with Crippen LogP contribution >= 0.6 is 0 Å². The molecule has 10 nitrogen and oxygen atoms in total. The number of nitrogens with zero attached hydrogens (tertiary/aromatic N) is 1. The van der Waals surface area contributed by atoms with E-state index in [0.717, 1.165) is 10.5 Å². The monoisotopic (exact) mass is 453 g/mol. The maximum absolute atomic E-state index is 12.7. The first-order valence-electron chi connectivity index (χ1n) is 9.96. The molecule has 172 valence electrons. The molecular formula is C23H23N3O7. The molecule has 10 heteroatoms. The molecule has 3 N–H and O–H groups in total. The molecule has 1 saturated heterocycles. The topological polar surface area (TPSA) is 134 Å². The van der Waals surface area contributed by atoms with Gasteiger partial charge in [-0.25, -0.2) is 14.5 Å². The molecule has 2 aromatic carbocycles. The van der Waals surface area contributed by atoms with E-state index in [1.54, 1.807) is 18.2 Å². The Morgan fingerprint density at radius 2 is 1.85 bits per heavy atom. The van der Waals surface area contributed by atoms with Crippen molar-refractivity contribution in [2.24, 2.45) is 0 Å². The SMILES string of the molecule is COc1cc(C=C2NC(=O)N(CC(=O)Nc3ccc(C)cc3)C2=O)ccc1OC(C)C(=O)O. The van der Waals surface area contributed by atoms with E-state index in [0.29, 0.717) is 11.3 Å². The number of carbonyl (C=O) groups is 4. The number of carboxylic acids is 1. The molecule has 0 radical (unpaired) electrons. The summed E-state index contributed by atoms with van der Waals surface area (Å²) in [7, 11) is 1.39. The highest BCUT2D eigenvalue weighted by Crippen LogP contribution is 2.30. The van der Waals surface area contributed by atoms with Gasteiger partial charge in [-0.15, -0.1) is 0 Å². The fraction of sp³-hybridized carbons (Fsp3) is 0.217. The average molecular weight is 453 g/mol. The standard InChI is InChI=1S/C23H23N3O7/c1-13-4-7-16(8-5-13)24-20(27)12-26-21(28)17(25-23(26)31)10-15-6-9-18(19(11-15)32-3)33-14(2)22(29)30/h4-11,14H,12H2,1-3H3,(H,24,27)(H,25,31)(H,29,30). The number of carboxylic acid groups (broad SMARTS) is 1. The average Bonchev–Trinajstić information content (AvgIpc) is 3.03. The van der Waals surface area contributed by atoms with Gasteiger partial charge < -0.3 is 25.2 Å². The molecule has 0 bridgehead atoms. The molecule has 0 aromatic heterocycles. The summed E-state index contributed by atoms with van der Waals surface area (Å²) in [6.45, 7) is 2.85. The molecule has 2 aromatic rings. The largest absolute Gasteiger partial charge is 0.493 e. The zero-order valence-electron chi connectivity index (χ0n) is 18.2. The summed E-state index contributed by atoms with van der Waals surface area (Å²) >= 11 is 0. The number of imide groups is 1. The van der Waals surface area contributed by atoms with E-state index < -0.39 is 36.5 Å². The molecule has 4 amide bonds. The molecular weight excluding hydrogens is 430 g/mol. The fourth-order valence-electron chi connectivity index (χ4n) is 2.98. The van der Waals surface area contributed by atoms with E-state index >= 15 is 0 Å². The zero-order chi connectivity index (χ0) is 24.1. The van der Waals surface area contributed by atoms with Crippen LogP contribution in [0.4, 0.5) is 10.5 Å². The number of carbonyl (C=O) groups excluding carboxylic acids is 3. The van der Waals surface area contributed by atoms with Crippen molar-refractivity contribution in [1.29, 1.82) is 0 Å². The van der Waals surface area contributed by atoms with Crippen molar-refractivity contribution in [2.75, 3.05) is 19.0 Å². The van der Waals surface area contributed by atoms with Crippen LogP contribution in [0.15, 0.2) is 48.2 Å². The summed E-state index contributed by atoms with van der Waals surface area (Å²) in [6.07, 6.45) is 0.337. The molecule has 0 saturated carbocycles. The van der Waals surface area contributed by atoms with E-state index in [1.807, 2.05) is 19.1 Å². The van der Waals surface area contributed by atoms with Crippen LogP contribution < -0.4 is 20.1 Å². The molecule has 1 unspecified atom stereocenters. The lowest BCUT2D eigenvalue weighted by atomic mass is 10.1. The quantitative estimate of drug-likeness (QED) is 0.413. The number of aryl methyl sites for hydroxylation is 1. The maximum atomic E-state index is 12.7. The Balaban J connectivity index is 1.71. The van der Waals surface area contributed by atoms with Gasteiger partial charge in [0.15, 0.2) is 17.6 Å². The van der Waals surface area contributed by atoms with Crippen LogP contribution in [0.5, 0.6) is 11.5 Å². The number of hydrogen-bond donors (Lipinski definition) is 3. The summed E-state index contributed by atoms with van der Waals surface area (Å²) in [6, 6.07) is 11.0. The molecule has 1 aliphatic heterocycles. The molecule has 0 spiro atoms. The summed E-state index contributed by atoms with van der Waals surface area (Å²) in [5.74, 6) is -1.83. The molecule has 1 atom stereocenters. The second kappa shape index (κ2) is 9.86. The van der Waals surface area contributed by atoms with Crippen molar-refractivity contribution in [2.45, 2.75) is 20.0 Å². The Morgan fingerprint density at radius 3 is 2.48 bits per heavy atom. The van der Waals surface area contributed by atoms with Gasteiger partial charge in [0.2, 0.25) is 5.91 Å². The Kier molecular flexibility index (Phi) is 6.97. The highest BCUT2D eigenvalue weighted by Gasteiger charge is 2.35. The third kappa shape index (κ3) is 5.67. The Hall–Kier alpha value is -4.34. The number of hydrogen-bond acceptors (Lipinski definition) is 6. The minimum atomic E-state index is -1.13. The Labute approximate surface area is 189 Å². The lowest BCUT2D eigenvalue weighted by molar-refractivity contribution is -0.144. The zero-order valence-corrected chi connectivity index (χ0v) is 18.2. The normalized spacial score (nSPS) is 15.2. The van der Waals surface area contributed by atoms with E-state index in [4.69, 9.17) is 14.6 Å². The van der Waals surface area contributed by atoms with Gasteiger partial charge >= 0.3 is 12.0 Å². The van der Waals surface area contributed by atoms with Gasteiger partial charge in [0.05, 0.1) is 7.11 Å². The lowest BCUT2D eigenvalue weighted by Crippen LogP contribution is -2.38. The van der Waals surface area contributed by atoms with Crippen molar-refractivity contribution in [3.05, 3.63) is 59.3 Å². The minimum Gasteiger partial charge on any atom is -0.493 e. The van der Waals surface area contributed by atoms with Crippen LogP contribution in [0.25, 0.3) is 6.08 Å². The van der Waals surface area contributed by atoms with Gasteiger partial charge in [-0.1, -0.05) is 23.8 Å². The van der Waals surface area contributed by atoms with E-state index in [9.17, 15) is 19.2 Å². The number of benzene rings is 2. The first kappa shape index (κ1) is 23.3. The van der Waals surface area contributed by atoms with Crippen LogP contribution in [-0.4, -0.2) is 53.6 Å². The van der Waals surface area contributed by atoms with Crippen LogP contribution in [0.1, 0.15) is 18.1 Å². The van der Waals surface area contributed by atoms with Gasteiger partial charge in [-0.2, -0.15) is 0 Å². The van der Waals surface area contributed by atoms with Crippen molar-refractivity contribution >= 4 is 35.6 Å². The fourth-order valence-corrected chi connectivity index (χ4v) is 2.98. The van der Waals surface area contributed by atoms with Gasteiger partial charge in [0.25, 0.3) is 5.91 Å². The summed E-state index contributed by atoms with van der Waals surface area (Å²) in [5.41, 5.74) is 2.07. The number of nitrogens with one attached hydrogen (secondary N) is 2. The van der Waals surface area contributed by atoms with Crippen molar-refractivity contribution < 1.29 is 33.8 Å². The summed E-state index contributed by atoms with van der Waals surface area (Å²) in [5, 5.41) is 14.1. The number of ether oxygens (including phenoxy) is 2. The van der Waals surface area contributed by atoms with Crippen LogP contribution in [0, 0.1) is 6.92 Å². The molecule has 33 heavy (non-hydrogen) atoms. The number of rotatable bonds is 8. The van der Waals surface area contributed by atoms with Crippen molar-refractivity contribution in [3.8, 4) is 11.5 Å². The van der Waals surface area contributed by atoms with Gasteiger partial charge in [0.1, 0.15) is 12.2 Å². The van der Waals surface area contributed by atoms with Gasteiger partial charge in [-0.3, -0.25) is 9.59 Å². The van der Waals surface area contributed by atoms with E-state index in [1.165, 1.54) is 32.2 Å². The van der Waals surface area contributed by atoms with Gasteiger partial charge in [0, 0.05) is 5.69 Å². The second-order valence-electron chi connectivity index (χ2n) is 7.30. The van der Waals surface area contributed by atoms with Crippen LogP contribution in [0.2, 0.25) is 0 Å². The van der Waals surface area contributed by atoms with E-state index in [-0.39, 0.29) is 17.2 Å². The van der Waals surface area contributed by atoms with E-state index in [2.05, 4.69) is 10.6 Å². The number of anilines is 1. The number of aliphatic carboxylic acids is 1. The number of amides is 4. The third-order valence-electron chi connectivity index (χ3n) is 4.75. The van der Waals surface area contributed by atoms with Crippen molar-refractivity contribution in [1.82, 2.24) is 10.2 Å². The predicted molar refractivity (Wildman–Crippen MR) is 119 cm³/mol. The van der Waals surface area contributed by atoms with Crippen LogP contribution in [0.3, 0.4) is 0 Å². The minimum absolute atomic E-state index is 0.0160. The molecule has 0 aliphatic carbocycles. The van der Waals surface area contributed by atoms with Gasteiger partial charge in [-0.05, 0) is 49.8 Å². The first-order chi connectivity index (χ1) is 15.7. The smallest absolute Gasteiger partial charge is 0.344 e. The lowest BCUT2D eigenvalue weighted by Gasteiger charge is -2.14. The summed E-state index contributed by atoms with van der Waals surface area (Å²) in [4.78, 5) is 49.0. The first-order valence-corrected chi connectivity index (χ1v) is 9.96. The highest BCUT2D eigenvalue weighted by atomic mass is 16.5.